The average molecular weight is 488 g/mol. The van der Waals surface area contributed by atoms with Gasteiger partial charge in [0.2, 0.25) is 0 Å². The number of benzene rings is 3. The van der Waals surface area contributed by atoms with E-state index in [-0.39, 0.29) is 24.2 Å². The van der Waals surface area contributed by atoms with Crippen LogP contribution in [0.5, 0.6) is 5.75 Å². The number of aryl methyl sites for hydroxylation is 3. The minimum atomic E-state index is -5.15. The molecule has 0 fully saturated rings. The van der Waals surface area contributed by atoms with Crippen LogP contribution in [-0.2, 0) is 31.5 Å². The van der Waals surface area contributed by atoms with Crippen molar-refractivity contribution in [3.05, 3.63) is 99.9 Å². The number of hydrogen-bond acceptors (Lipinski definition) is 1. The molecule has 3 rings (SSSR count). The fourth-order valence-corrected chi connectivity index (χ4v) is 3.50. The molecular formula is C25H20F8O. The lowest BCUT2D eigenvalue weighted by Crippen LogP contribution is -2.23. The lowest BCUT2D eigenvalue weighted by atomic mass is 10.0. The van der Waals surface area contributed by atoms with Gasteiger partial charge in [-0.3, -0.25) is 0 Å². The summed E-state index contributed by atoms with van der Waals surface area (Å²) in [6, 6.07) is 9.96. The van der Waals surface area contributed by atoms with Gasteiger partial charge in [0.25, 0.3) is 0 Å². The van der Waals surface area contributed by atoms with Crippen LogP contribution in [0.3, 0.4) is 0 Å². The topological polar surface area (TPSA) is 9.23 Å². The number of hydrogen-bond donors (Lipinski definition) is 0. The number of halogens is 8. The second kappa shape index (κ2) is 10.0. The van der Waals surface area contributed by atoms with Crippen LogP contribution in [0.2, 0.25) is 0 Å². The minimum absolute atomic E-state index is 0.0110. The second-order valence-corrected chi connectivity index (χ2v) is 7.76. The molecular weight excluding hydrogens is 468 g/mol. The van der Waals surface area contributed by atoms with E-state index in [0.717, 1.165) is 18.6 Å². The van der Waals surface area contributed by atoms with Gasteiger partial charge in [-0.05, 0) is 72.4 Å². The Morgan fingerprint density at radius 3 is 1.71 bits per heavy atom. The minimum Gasteiger partial charge on any atom is -0.429 e. The van der Waals surface area contributed by atoms with Crippen molar-refractivity contribution in [3.63, 3.8) is 0 Å². The largest absolute Gasteiger partial charge is 0.429 e. The molecule has 9 heteroatoms. The molecule has 0 aliphatic rings. The summed E-state index contributed by atoms with van der Waals surface area (Å²) in [4.78, 5) is 0. The van der Waals surface area contributed by atoms with Gasteiger partial charge in [-0.1, -0.05) is 31.5 Å². The Morgan fingerprint density at radius 2 is 1.18 bits per heavy atom. The van der Waals surface area contributed by atoms with Gasteiger partial charge in [0.1, 0.15) is 28.8 Å². The molecule has 0 bridgehead atoms. The Kier molecular flexibility index (Phi) is 7.53. The summed E-state index contributed by atoms with van der Waals surface area (Å²) in [7, 11) is 0. The molecule has 0 unspecified atom stereocenters. The molecule has 1 nitrogen and oxygen atoms in total. The summed E-state index contributed by atoms with van der Waals surface area (Å²) in [5.74, 6) is -4.73. The van der Waals surface area contributed by atoms with Gasteiger partial charge >= 0.3 is 12.3 Å². The lowest BCUT2D eigenvalue weighted by Gasteiger charge is -2.19. The van der Waals surface area contributed by atoms with Gasteiger partial charge in [0.05, 0.1) is 5.56 Å². The first-order valence-electron chi connectivity index (χ1n) is 10.4. The van der Waals surface area contributed by atoms with E-state index in [2.05, 4.69) is 4.74 Å². The molecule has 0 saturated carbocycles. The van der Waals surface area contributed by atoms with Crippen LogP contribution in [0.15, 0.2) is 54.6 Å². The fraction of sp³-hybridized carbons (Fsp3) is 0.280. The number of ether oxygens (including phenoxy) is 1. The van der Waals surface area contributed by atoms with Crippen LogP contribution < -0.4 is 4.74 Å². The summed E-state index contributed by atoms with van der Waals surface area (Å²) in [6.07, 6.45) is -7.60. The zero-order valence-electron chi connectivity index (χ0n) is 18.0. The van der Waals surface area contributed by atoms with E-state index in [1.54, 1.807) is 0 Å². The van der Waals surface area contributed by atoms with E-state index in [1.807, 2.05) is 6.92 Å². The van der Waals surface area contributed by atoms with Crippen LogP contribution in [-0.4, -0.2) is 0 Å². The quantitative estimate of drug-likeness (QED) is 0.292. The smallest absolute Gasteiger partial charge is 0.429 e. The summed E-state index contributed by atoms with van der Waals surface area (Å²) >= 11 is 0. The van der Waals surface area contributed by atoms with E-state index in [9.17, 15) is 35.1 Å². The molecule has 0 atom stereocenters. The first-order valence-corrected chi connectivity index (χ1v) is 10.4. The fourth-order valence-electron chi connectivity index (χ4n) is 3.50. The summed E-state index contributed by atoms with van der Waals surface area (Å²) in [5, 5.41) is 0. The van der Waals surface area contributed by atoms with Crippen LogP contribution in [0.1, 0.15) is 41.2 Å². The lowest BCUT2D eigenvalue weighted by molar-refractivity contribution is -0.187. The summed E-state index contributed by atoms with van der Waals surface area (Å²) < 4.78 is 113. The third-order valence-electron chi connectivity index (χ3n) is 5.14. The monoisotopic (exact) mass is 488 g/mol. The molecule has 0 amide bonds. The number of alkyl halides is 5. The molecule has 0 spiro atoms. The first-order chi connectivity index (χ1) is 15.9. The highest BCUT2D eigenvalue weighted by Crippen LogP contribution is 2.35. The maximum absolute atomic E-state index is 14.5. The SMILES string of the molecule is CCCc1ccc(C(F)(F)Oc2ccc(CCc3cc(F)c(C(F)(F)F)c(F)c3)cc2)c(F)c1. The maximum atomic E-state index is 14.5. The molecule has 0 N–H and O–H groups in total. The molecule has 0 heterocycles. The van der Waals surface area contributed by atoms with Gasteiger partial charge in [0.15, 0.2) is 0 Å². The molecule has 0 radical (unpaired) electrons. The number of rotatable bonds is 8. The van der Waals surface area contributed by atoms with Crippen molar-refractivity contribution < 1.29 is 39.9 Å². The van der Waals surface area contributed by atoms with Crippen LogP contribution in [0.25, 0.3) is 0 Å². The molecule has 182 valence electrons. The van der Waals surface area contributed by atoms with E-state index in [0.29, 0.717) is 29.7 Å². The molecule has 34 heavy (non-hydrogen) atoms. The van der Waals surface area contributed by atoms with Crippen molar-refractivity contribution in [2.24, 2.45) is 0 Å². The van der Waals surface area contributed by atoms with Gasteiger partial charge in [-0.15, -0.1) is 0 Å². The Bertz CT molecular complexity index is 1110. The Balaban J connectivity index is 1.66. The van der Waals surface area contributed by atoms with Crippen LogP contribution >= 0.6 is 0 Å². The Hall–Kier alpha value is -3.10. The van der Waals surface area contributed by atoms with E-state index >= 15 is 0 Å². The van der Waals surface area contributed by atoms with Crippen molar-refractivity contribution in [3.8, 4) is 5.75 Å². The van der Waals surface area contributed by atoms with Gasteiger partial charge in [-0.25, -0.2) is 13.2 Å². The molecule has 0 aliphatic carbocycles. The second-order valence-electron chi connectivity index (χ2n) is 7.76. The zero-order valence-corrected chi connectivity index (χ0v) is 18.0. The predicted octanol–water partition coefficient (Wildman–Crippen LogP) is 7.99. The van der Waals surface area contributed by atoms with Gasteiger partial charge < -0.3 is 4.74 Å². The third kappa shape index (κ3) is 6.07. The van der Waals surface area contributed by atoms with Crippen molar-refractivity contribution in [1.82, 2.24) is 0 Å². The third-order valence-corrected chi connectivity index (χ3v) is 5.14. The van der Waals surface area contributed by atoms with Crippen LogP contribution in [0.4, 0.5) is 35.1 Å². The molecule has 3 aromatic rings. The van der Waals surface area contributed by atoms with Crippen LogP contribution in [0, 0.1) is 17.5 Å². The molecule has 0 aliphatic heterocycles. The summed E-state index contributed by atoms with van der Waals surface area (Å²) in [5.41, 5.74) is -1.68. The standard InChI is InChI=1S/C25H20F8O/c1-2-3-16-8-11-19(20(26)12-16)25(32,33)34-18-9-6-15(7-10-18)4-5-17-13-21(27)23(22(28)14-17)24(29,30)31/h6-14H,2-5H2,1H3. The highest BCUT2D eigenvalue weighted by molar-refractivity contribution is 5.32. The Morgan fingerprint density at radius 1 is 0.647 bits per heavy atom. The predicted molar refractivity (Wildman–Crippen MR) is 110 cm³/mol. The van der Waals surface area contributed by atoms with Crippen molar-refractivity contribution in [2.45, 2.75) is 44.9 Å². The molecule has 0 saturated heterocycles. The van der Waals surface area contributed by atoms with Gasteiger partial charge in [0, 0.05) is 0 Å². The zero-order chi connectivity index (χ0) is 25.1. The van der Waals surface area contributed by atoms with Gasteiger partial charge in [-0.2, -0.15) is 22.0 Å². The van der Waals surface area contributed by atoms with Crippen molar-refractivity contribution in [1.29, 1.82) is 0 Å². The van der Waals surface area contributed by atoms with E-state index in [1.165, 1.54) is 30.3 Å². The van der Waals surface area contributed by atoms with E-state index in [4.69, 9.17) is 0 Å². The maximum Gasteiger partial charge on any atom is 0.429 e. The highest BCUT2D eigenvalue weighted by Gasteiger charge is 2.38. The normalized spacial score (nSPS) is 12.1. The van der Waals surface area contributed by atoms with Crippen molar-refractivity contribution >= 4 is 0 Å². The average Bonchev–Trinajstić information content (AvgIpc) is 2.71. The highest BCUT2D eigenvalue weighted by atomic mass is 19.4. The summed E-state index contributed by atoms with van der Waals surface area (Å²) in [6.45, 7) is 1.88. The molecule has 3 aromatic carbocycles. The first kappa shape index (κ1) is 25.5. The van der Waals surface area contributed by atoms with E-state index < -0.39 is 40.9 Å². The molecule has 0 aromatic heterocycles. The Labute approximate surface area is 191 Å². The van der Waals surface area contributed by atoms with Crippen molar-refractivity contribution in [2.75, 3.05) is 0 Å².